The Labute approximate surface area is 132 Å². The fourth-order valence-electron chi connectivity index (χ4n) is 2.74. The number of primary amides is 1. The molecule has 1 aromatic carbocycles. The number of amides is 2. The van der Waals surface area contributed by atoms with E-state index in [1.807, 2.05) is 0 Å². The number of rotatable bonds is 3. The second-order valence-electron chi connectivity index (χ2n) is 5.76. The first-order valence-electron chi connectivity index (χ1n) is 6.98. The maximum Gasteiger partial charge on any atom is 0.256 e. The molecule has 22 heavy (non-hydrogen) atoms. The van der Waals surface area contributed by atoms with E-state index in [0.29, 0.717) is 24.9 Å². The number of halogens is 2. The third kappa shape index (κ3) is 3.39. The van der Waals surface area contributed by atoms with E-state index in [2.05, 4.69) is 0 Å². The van der Waals surface area contributed by atoms with Gasteiger partial charge in [0.15, 0.2) is 5.82 Å². The number of benzene rings is 1. The summed E-state index contributed by atoms with van der Waals surface area (Å²) in [5.74, 6) is -1.96. The first-order valence-corrected chi connectivity index (χ1v) is 7.36. The van der Waals surface area contributed by atoms with E-state index < -0.39 is 23.2 Å². The van der Waals surface area contributed by atoms with Gasteiger partial charge >= 0.3 is 0 Å². The number of likely N-dealkylation sites (tertiary alicyclic amines) is 1. The van der Waals surface area contributed by atoms with Crippen molar-refractivity contribution in [2.24, 2.45) is 5.73 Å². The lowest BCUT2D eigenvalue weighted by atomic mass is 9.89. The number of hydrogen-bond donors (Lipinski definition) is 2. The minimum Gasteiger partial charge on any atom is -0.388 e. The number of hydrogen-bond acceptors (Lipinski definition) is 3. The van der Waals surface area contributed by atoms with Gasteiger partial charge in [-0.3, -0.25) is 9.59 Å². The number of carbonyl (C=O) groups excluding carboxylic acids is 2. The smallest absolute Gasteiger partial charge is 0.256 e. The van der Waals surface area contributed by atoms with Crippen LogP contribution in [0.5, 0.6) is 0 Å². The van der Waals surface area contributed by atoms with Crippen molar-refractivity contribution in [3.63, 3.8) is 0 Å². The second kappa shape index (κ2) is 6.22. The number of carbonyl (C=O) groups is 2. The topological polar surface area (TPSA) is 83.6 Å². The maximum absolute atomic E-state index is 14.2. The second-order valence-corrected chi connectivity index (χ2v) is 6.13. The van der Waals surface area contributed by atoms with Gasteiger partial charge in [0.05, 0.1) is 29.2 Å². The van der Waals surface area contributed by atoms with Gasteiger partial charge in [-0.25, -0.2) is 4.39 Å². The van der Waals surface area contributed by atoms with E-state index >= 15 is 0 Å². The maximum atomic E-state index is 14.2. The van der Waals surface area contributed by atoms with Crippen LogP contribution in [0.2, 0.25) is 5.02 Å². The molecule has 2 amide bonds. The molecule has 1 atom stereocenters. The van der Waals surface area contributed by atoms with Gasteiger partial charge in [-0.15, -0.1) is 0 Å². The van der Waals surface area contributed by atoms with Crippen molar-refractivity contribution in [2.45, 2.75) is 31.8 Å². The fourth-order valence-corrected chi connectivity index (χ4v) is 2.90. The Morgan fingerprint density at radius 1 is 1.50 bits per heavy atom. The van der Waals surface area contributed by atoms with Crippen LogP contribution in [0.25, 0.3) is 0 Å². The molecule has 1 heterocycles. The largest absolute Gasteiger partial charge is 0.388 e. The molecular formula is C15H18ClFN2O3. The molecule has 1 unspecified atom stereocenters. The van der Waals surface area contributed by atoms with Crippen LogP contribution in [0, 0.1) is 12.7 Å². The van der Waals surface area contributed by atoms with Crippen LogP contribution in [0.4, 0.5) is 4.39 Å². The Balaban J connectivity index is 2.23. The molecule has 0 spiro atoms. The molecule has 0 aromatic heterocycles. The van der Waals surface area contributed by atoms with E-state index in [4.69, 9.17) is 17.3 Å². The summed E-state index contributed by atoms with van der Waals surface area (Å²) in [6, 6.07) is 2.94. The molecule has 7 heteroatoms. The van der Waals surface area contributed by atoms with Crippen molar-refractivity contribution in [1.82, 2.24) is 4.90 Å². The highest BCUT2D eigenvalue weighted by atomic mass is 35.5. The molecule has 1 fully saturated rings. The number of aliphatic hydroxyl groups is 1. The molecule has 1 aliphatic rings. The van der Waals surface area contributed by atoms with E-state index in [0.717, 1.165) is 0 Å². The van der Waals surface area contributed by atoms with Gasteiger partial charge in [-0.05, 0) is 31.4 Å². The van der Waals surface area contributed by atoms with E-state index in [1.54, 1.807) is 13.0 Å². The van der Waals surface area contributed by atoms with Crippen LogP contribution in [-0.2, 0) is 4.79 Å². The van der Waals surface area contributed by atoms with Crippen molar-refractivity contribution < 1.29 is 19.1 Å². The third-order valence-electron chi connectivity index (χ3n) is 3.85. The normalized spacial score (nSPS) is 21.7. The van der Waals surface area contributed by atoms with Crippen molar-refractivity contribution in [2.75, 3.05) is 13.1 Å². The molecule has 0 aliphatic carbocycles. The number of piperidine rings is 1. The van der Waals surface area contributed by atoms with Crippen molar-refractivity contribution in [3.8, 4) is 0 Å². The molecule has 0 saturated carbocycles. The van der Waals surface area contributed by atoms with Gasteiger partial charge in [0, 0.05) is 6.54 Å². The zero-order chi connectivity index (χ0) is 16.5. The Kier molecular flexibility index (Phi) is 4.72. The fraction of sp³-hybridized carbons (Fsp3) is 0.467. The molecular weight excluding hydrogens is 311 g/mol. The van der Waals surface area contributed by atoms with Crippen LogP contribution in [0.15, 0.2) is 12.1 Å². The van der Waals surface area contributed by atoms with Gasteiger partial charge in [0.2, 0.25) is 5.91 Å². The van der Waals surface area contributed by atoms with Gasteiger partial charge in [-0.2, -0.15) is 0 Å². The standard InChI is InChI=1S/C15H18ClFN2O3/c1-9-3-4-10(13(17)12(9)16)14(21)19-6-2-5-15(22,8-19)7-11(18)20/h3-4,22H,2,5-8H2,1H3,(H2,18,20). The highest BCUT2D eigenvalue weighted by Gasteiger charge is 2.37. The van der Waals surface area contributed by atoms with Crippen molar-refractivity contribution >= 4 is 23.4 Å². The number of nitrogens with zero attached hydrogens (tertiary/aromatic N) is 1. The summed E-state index contributed by atoms with van der Waals surface area (Å²) in [5, 5.41) is 10.3. The van der Waals surface area contributed by atoms with Gasteiger partial charge in [0.25, 0.3) is 5.91 Å². The molecule has 1 saturated heterocycles. The van der Waals surface area contributed by atoms with Gasteiger partial charge in [-0.1, -0.05) is 17.7 Å². The lowest BCUT2D eigenvalue weighted by Gasteiger charge is -2.38. The summed E-state index contributed by atoms with van der Waals surface area (Å²) >= 11 is 5.83. The lowest BCUT2D eigenvalue weighted by Crippen LogP contribution is -2.52. The number of nitrogens with two attached hydrogens (primary N) is 1. The molecule has 120 valence electrons. The van der Waals surface area contributed by atoms with Gasteiger partial charge < -0.3 is 15.7 Å². The quantitative estimate of drug-likeness (QED) is 0.884. The first-order chi connectivity index (χ1) is 10.2. The average Bonchev–Trinajstić information content (AvgIpc) is 2.43. The van der Waals surface area contributed by atoms with E-state index in [9.17, 15) is 19.1 Å². The van der Waals surface area contributed by atoms with Crippen LogP contribution in [0.3, 0.4) is 0 Å². The predicted octanol–water partition coefficient (Wildman–Crippen LogP) is 1.63. The predicted molar refractivity (Wildman–Crippen MR) is 80.0 cm³/mol. The molecule has 0 bridgehead atoms. The molecule has 0 radical (unpaired) electrons. The van der Waals surface area contributed by atoms with Crippen molar-refractivity contribution in [3.05, 3.63) is 34.1 Å². The minimum atomic E-state index is -1.36. The van der Waals surface area contributed by atoms with Crippen LogP contribution in [-0.4, -0.2) is 40.5 Å². The Hall–Kier alpha value is -1.66. The average molecular weight is 329 g/mol. The monoisotopic (exact) mass is 328 g/mol. The van der Waals surface area contributed by atoms with Crippen LogP contribution < -0.4 is 5.73 Å². The first kappa shape index (κ1) is 16.7. The highest BCUT2D eigenvalue weighted by Crippen LogP contribution is 2.28. The molecule has 1 aromatic rings. The molecule has 3 N–H and O–H groups in total. The summed E-state index contributed by atoms with van der Waals surface area (Å²) in [6.07, 6.45) is 0.654. The summed E-state index contributed by atoms with van der Waals surface area (Å²) in [4.78, 5) is 24.8. The van der Waals surface area contributed by atoms with Gasteiger partial charge in [0.1, 0.15) is 0 Å². The zero-order valence-corrected chi connectivity index (χ0v) is 13.0. The molecule has 5 nitrogen and oxygen atoms in total. The van der Waals surface area contributed by atoms with Crippen LogP contribution in [0.1, 0.15) is 35.2 Å². The van der Waals surface area contributed by atoms with E-state index in [-0.39, 0.29) is 23.6 Å². The molecule has 1 aliphatic heterocycles. The Bertz CT molecular complexity index is 623. The highest BCUT2D eigenvalue weighted by molar-refractivity contribution is 6.31. The van der Waals surface area contributed by atoms with E-state index in [1.165, 1.54) is 11.0 Å². The summed E-state index contributed by atoms with van der Waals surface area (Å²) in [6.45, 7) is 1.97. The van der Waals surface area contributed by atoms with Crippen LogP contribution >= 0.6 is 11.6 Å². The number of β-amino-alcohol motifs (C(OH)–C–C–N with tert-alkyl or cyclic N) is 1. The summed E-state index contributed by atoms with van der Waals surface area (Å²) < 4.78 is 14.2. The lowest BCUT2D eigenvalue weighted by molar-refractivity contribution is -0.125. The Morgan fingerprint density at radius 3 is 2.82 bits per heavy atom. The van der Waals surface area contributed by atoms with Crippen molar-refractivity contribution in [1.29, 1.82) is 0 Å². The summed E-state index contributed by atoms with van der Waals surface area (Å²) in [7, 11) is 0. The number of aryl methyl sites for hydroxylation is 1. The zero-order valence-electron chi connectivity index (χ0n) is 12.2. The summed E-state index contributed by atoms with van der Waals surface area (Å²) in [5.41, 5.74) is 4.17. The molecule has 2 rings (SSSR count). The minimum absolute atomic E-state index is 0.0558. The SMILES string of the molecule is Cc1ccc(C(=O)N2CCCC(O)(CC(N)=O)C2)c(F)c1Cl. The third-order valence-corrected chi connectivity index (χ3v) is 4.32. The Morgan fingerprint density at radius 2 is 2.18 bits per heavy atom.